The van der Waals surface area contributed by atoms with E-state index in [2.05, 4.69) is 16.4 Å². The zero-order chi connectivity index (χ0) is 23.6. The number of carbonyl (C=O) groups is 1. The maximum atomic E-state index is 13.1. The second-order valence-electron chi connectivity index (χ2n) is 8.60. The molecular formula is C25H36N5O3+. The van der Waals surface area contributed by atoms with Crippen LogP contribution in [0.5, 0.6) is 0 Å². The highest BCUT2D eigenvalue weighted by Crippen LogP contribution is 2.22. The minimum absolute atomic E-state index is 0.110. The van der Waals surface area contributed by atoms with Gasteiger partial charge in [-0.15, -0.1) is 0 Å². The molecule has 0 unspecified atom stereocenters. The highest BCUT2D eigenvalue weighted by molar-refractivity contribution is 5.79. The fraction of sp³-hybridized carbons (Fsp3) is 0.480. The number of piperidine rings is 1. The van der Waals surface area contributed by atoms with Crippen molar-refractivity contribution in [2.45, 2.75) is 19.4 Å². The Labute approximate surface area is 196 Å². The van der Waals surface area contributed by atoms with Crippen molar-refractivity contribution in [1.29, 1.82) is 0 Å². The largest absolute Gasteiger partial charge is 0.405 e. The molecule has 178 valence electrons. The van der Waals surface area contributed by atoms with E-state index < -0.39 is 0 Å². The maximum Gasteiger partial charge on any atom is 0.317 e. The summed E-state index contributed by atoms with van der Waals surface area (Å²) in [6, 6.07) is 7.45. The first-order chi connectivity index (χ1) is 16.0. The molecule has 1 aromatic carbocycles. The molecule has 2 aliphatic rings. The molecule has 3 rings (SSSR count). The van der Waals surface area contributed by atoms with E-state index in [1.54, 1.807) is 18.3 Å². The number of carbonyl (C=O) groups excluding carboxylic acids is 1. The van der Waals surface area contributed by atoms with Gasteiger partial charge in [0.2, 0.25) is 5.91 Å². The van der Waals surface area contributed by atoms with Crippen molar-refractivity contribution in [2.75, 3.05) is 52.9 Å². The molecule has 1 aromatic rings. The van der Waals surface area contributed by atoms with E-state index in [-0.39, 0.29) is 5.92 Å². The van der Waals surface area contributed by atoms with E-state index in [4.69, 9.17) is 10.6 Å². The van der Waals surface area contributed by atoms with Gasteiger partial charge in [0.05, 0.1) is 4.91 Å². The number of piperazine rings is 1. The van der Waals surface area contributed by atoms with E-state index >= 15 is 0 Å². The van der Waals surface area contributed by atoms with Gasteiger partial charge in [0.1, 0.15) is 0 Å². The van der Waals surface area contributed by atoms with E-state index in [1.807, 2.05) is 35.3 Å². The maximum absolute atomic E-state index is 13.1. The third-order valence-electron chi connectivity index (χ3n) is 6.36. The van der Waals surface area contributed by atoms with Gasteiger partial charge in [-0.2, -0.15) is 0 Å². The molecule has 2 fully saturated rings. The molecule has 33 heavy (non-hydrogen) atoms. The summed E-state index contributed by atoms with van der Waals surface area (Å²) in [5.74, 6) is 0.403. The Balaban J connectivity index is 1.44. The zero-order valence-corrected chi connectivity index (χ0v) is 19.6. The molecule has 8 heteroatoms. The van der Waals surface area contributed by atoms with Crippen molar-refractivity contribution < 1.29 is 14.6 Å². The van der Waals surface area contributed by atoms with Crippen molar-refractivity contribution in [1.82, 2.24) is 14.7 Å². The van der Waals surface area contributed by atoms with Gasteiger partial charge in [0.15, 0.2) is 7.11 Å². The molecule has 2 heterocycles. The number of likely N-dealkylation sites (tertiary alicyclic amines) is 1. The van der Waals surface area contributed by atoms with Crippen LogP contribution < -0.4 is 5.73 Å². The molecule has 0 radical (unpaired) electrons. The first-order valence-corrected chi connectivity index (χ1v) is 11.6. The zero-order valence-electron chi connectivity index (χ0n) is 19.6. The van der Waals surface area contributed by atoms with E-state index in [1.165, 1.54) is 7.11 Å². The first-order valence-electron chi connectivity index (χ1n) is 11.6. The van der Waals surface area contributed by atoms with Crippen molar-refractivity contribution >= 4 is 11.6 Å². The van der Waals surface area contributed by atoms with E-state index in [0.717, 1.165) is 76.3 Å². The average Bonchev–Trinajstić information content (AvgIpc) is 2.84. The van der Waals surface area contributed by atoms with Crippen LogP contribution in [0.1, 0.15) is 18.4 Å². The molecule has 0 saturated carbocycles. The number of hydrogen-bond acceptors (Lipinski definition) is 6. The SMILES string of the molecule is C=C/C=C(\C=C/N)CN1CCC(C(=O)N2CCN(Cc3cccc([N+](=O)OC)c3)CC2)CC1. The van der Waals surface area contributed by atoms with Gasteiger partial charge in [0.25, 0.3) is 4.92 Å². The highest BCUT2D eigenvalue weighted by atomic mass is 16.8. The van der Waals surface area contributed by atoms with Crippen LogP contribution >= 0.6 is 0 Å². The van der Waals surface area contributed by atoms with Crippen LogP contribution in [-0.2, 0) is 16.2 Å². The van der Waals surface area contributed by atoms with Crippen molar-refractivity contribution in [3.63, 3.8) is 0 Å². The minimum atomic E-state index is 0.110. The Hall–Kier alpha value is -2.97. The van der Waals surface area contributed by atoms with Crippen LogP contribution in [0, 0.1) is 10.8 Å². The summed E-state index contributed by atoms with van der Waals surface area (Å²) in [5.41, 5.74) is 8.22. The number of rotatable bonds is 9. The Bertz CT molecular complexity index is 882. The summed E-state index contributed by atoms with van der Waals surface area (Å²) in [6.45, 7) is 10.3. The smallest absolute Gasteiger partial charge is 0.317 e. The predicted molar refractivity (Wildman–Crippen MR) is 129 cm³/mol. The summed E-state index contributed by atoms with van der Waals surface area (Å²) in [6.07, 6.45) is 9.00. The van der Waals surface area contributed by atoms with E-state index in [9.17, 15) is 9.70 Å². The van der Waals surface area contributed by atoms with Gasteiger partial charge in [-0.25, -0.2) is 4.84 Å². The lowest BCUT2D eigenvalue weighted by Gasteiger charge is -2.38. The first kappa shape index (κ1) is 24.7. The summed E-state index contributed by atoms with van der Waals surface area (Å²) in [5, 5.41) is 0. The molecule has 2 saturated heterocycles. The van der Waals surface area contributed by atoms with Gasteiger partial charge in [0, 0.05) is 57.3 Å². The molecule has 0 spiro atoms. The Morgan fingerprint density at radius 2 is 1.91 bits per heavy atom. The fourth-order valence-corrected chi connectivity index (χ4v) is 4.55. The summed E-state index contributed by atoms with van der Waals surface area (Å²) >= 11 is 0. The normalized spacial score (nSPS) is 19.1. The molecule has 0 atom stereocenters. The molecule has 1 amide bonds. The van der Waals surface area contributed by atoms with Crippen LogP contribution in [0.25, 0.3) is 0 Å². The number of allylic oxidation sites excluding steroid dienone is 2. The van der Waals surface area contributed by atoms with Crippen LogP contribution in [0.15, 0.2) is 60.8 Å². The van der Waals surface area contributed by atoms with E-state index in [0.29, 0.717) is 16.5 Å². The molecule has 0 aromatic heterocycles. The minimum Gasteiger partial charge on any atom is -0.405 e. The van der Waals surface area contributed by atoms with Crippen molar-refractivity contribution in [3.8, 4) is 0 Å². The monoisotopic (exact) mass is 454 g/mol. The fourth-order valence-electron chi connectivity index (χ4n) is 4.55. The van der Waals surface area contributed by atoms with Crippen molar-refractivity contribution in [3.05, 3.63) is 71.3 Å². The van der Waals surface area contributed by atoms with Gasteiger partial charge < -0.3 is 10.6 Å². The Morgan fingerprint density at radius 3 is 2.55 bits per heavy atom. The summed E-state index contributed by atoms with van der Waals surface area (Å²) in [4.78, 5) is 36.7. The van der Waals surface area contributed by atoms with Gasteiger partial charge >= 0.3 is 5.69 Å². The third kappa shape index (κ3) is 7.00. The Kier molecular flexibility index (Phi) is 9.21. The lowest BCUT2D eigenvalue weighted by Crippen LogP contribution is -2.51. The summed E-state index contributed by atoms with van der Waals surface area (Å²) < 4.78 is 0. The van der Waals surface area contributed by atoms with Crippen molar-refractivity contribution in [2.24, 2.45) is 11.7 Å². The van der Waals surface area contributed by atoms with Gasteiger partial charge in [-0.3, -0.25) is 14.6 Å². The second-order valence-corrected chi connectivity index (χ2v) is 8.60. The quantitative estimate of drug-likeness (QED) is 0.456. The topological polar surface area (TPSA) is 82.1 Å². The number of amides is 1. The van der Waals surface area contributed by atoms with Crippen LogP contribution in [0.4, 0.5) is 5.69 Å². The third-order valence-corrected chi connectivity index (χ3v) is 6.36. The Morgan fingerprint density at radius 1 is 1.18 bits per heavy atom. The number of nitrogens with two attached hydrogens (primary N) is 1. The lowest BCUT2D eigenvalue weighted by molar-refractivity contribution is -0.736. The van der Waals surface area contributed by atoms with Gasteiger partial charge in [-0.1, -0.05) is 30.9 Å². The molecular weight excluding hydrogens is 418 g/mol. The molecule has 8 nitrogen and oxygen atoms in total. The van der Waals surface area contributed by atoms with Crippen LogP contribution in [0.3, 0.4) is 0 Å². The molecule has 2 aliphatic heterocycles. The molecule has 0 bridgehead atoms. The van der Waals surface area contributed by atoms with Crippen LogP contribution in [-0.4, -0.2) is 78.5 Å². The standard InChI is InChI=1S/C25H36N5O3/c1-3-5-21(8-11-26)19-27-12-9-23(10-13-27)25(31)29-16-14-28(15-17-29)20-22-6-4-7-24(18-22)30(32)33-2/h3-8,11,18,23H,1,9-10,12-17,19-20,26H2,2H3/q+1/b11-8-,21-5+. The molecule has 0 aliphatic carbocycles. The lowest BCUT2D eigenvalue weighted by atomic mass is 9.94. The average molecular weight is 455 g/mol. The van der Waals surface area contributed by atoms with Gasteiger partial charge in [-0.05, 0) is 49.3 Å². The number of hydrogen-bond donors (Lipinski definition) is 1. The number of nitrogens with zero attached hydrogens (tertiary/aromatic N) is 4. The summed E-state index contributed by atoms with van der Waals surface area (Å²) in [7, 11) is 1.36. The second kappa shape index (κ2) is 12.3. The number of benzene rings is 1. The predicted octanol–water partition coefficient (Wildman–Crippen LogP) is 2.60. The highest BCUT2D eigenvalue weighted by Gasteiger charge is 2.30. The van der Waals surface area contributed by atoms with Crippen LogP contribution in [0.2, 0.25) is 0 Å². The molecule has 2 N–H and O–H groups in total.